The minimum Gasteiger partial charge on any atom is -0.667 e. The number of rotatable bonds is 0. The van der Waals surface area contributed by atoms with Crippen LogP contribution in [0.4, 0.5) is 0 Å². The van der Waals surface area contributed by atoms with E-state index in [1.165, 1.54) is 0 Å². The van der Waals surface area contributed by atoms with Crippen LogP contribution in [0.1, 0.15) is 6.42 Å². The summed E-state index contributed by atoms with van der Waals surface area (Å²) in [4.78, 5) is 0. The maximum atomic E-state index is 4.64. The van der Waals surface area contributed by atoms with Crippen LogP contribution in [-0.4, -0.2) is 0 Å². The SMILES string of the molecule is C1=CO[CH-]C1.[Li+]. The minimum absolute atomic E-state index is 0. The van der Waals surface area contributed by atoms with Crippen molar-refractivity contribution in [2.45, 2.75) is 6.42 Å². The Balaban J connectivity index is 0.000000250. The molecule has 28 valence electrons. The van der Waals surface area contributed by atoms with Gasteiger partial charge in [0.25, 0.3) is 0 Å². The van der Waals surface area contributed by atoms with Gasteiger partial charge in [-0.2, -0.15) is 6.61 Å². The first-order valence-corrected chi connectivity index (χ1v) is 1.62. The van der Waals surface area contributed by atoms with Crippen LogP contribution in [0.2, 0.25) is 0 Å². The van der Waals surface area contributed by atoms with Gasteiger partial charge in [-0.05, 0) is 0 Å². The molecule has 0 unspecified atom stereocenters. The van der Waals surface area contributed by atoms with E-state index in [1.54, 1.807) is 12.9 Å². The summed E-state index contributed by atoms with van der Waals surface area (Å²) in [6, 6.07) is 0. The molecule has 0 amide bonds. The topological polar surface area (TPSA) is 9.23 Å². The molecule has 1 aliphatic rings. The second-order valence-electron chi connectivity index (χ2n) is 0.910. The summed E-state index contributed by atoms with van der Waals surface area (Å²) in [5.74, 6) is 0. The van der Waals surface area contributed by atoms with Gasteiger partial charge in [-0.15, -0.1) is 6.42 Å². The van der Waals surface area contributed by atoms with Crippen LogP contribution in [0, 0.1) is 6.61 Å². The zero-order valence-corrected chi connectivity index (χ0v) is 3.85. The quantitative estimate of drug-likeness (QED) is 0.241. The summed E-state index contributed by atoms with van der Waals surface area (Å²) in [7, 11) is 0. The molecule has 0 fully saturated rings. The third-order valence-electron chi connectivity index (χ3n) is 0.503. The normalized spacial score (nSPS) is 16.0. The number of hydrogen-bond donors (Lipinski definition) is 0. The van der Waals surface area contributed by atoms with Gasteiger partial charge in [-0.3, -0.25) is 0 Å². The predicted molar refractivity (Wildman–Crippen MR) is 19.1 cm³/mol. The Bertz CT molecular complexity index is 45.5. The molecule has 2 heteroatoms. The van der Waals surface area contributed by atoms with Crippen LogP contribution in [-0.2, 0) is 4.74 Å². The van der Waals surface area contributed by atoms with Gasteiger partial charge >= 0.3 is 18.9 Å². The van der Waals surface area contributed by atoms with Gasteiger partial charge in [-0.1, -0.05) is 6.08 Å². The first kappa shape index (κ1) is 6.14. The Morgan fingerprint density at radius 2 is 2.50 bits per heavy atom. The van der Waals surface area contributed by atoms with Gasteiger partial charge in [0.1, 0.15) is 0 Å². The molecule has 1 rings (SSSR count). The van der Waals surface area contributed by atoms with E-state index in [-0.39, 0.29) is 18.9 Å². The Hall–Kier alpha value is 0.137. The van der Waals surface area contributed by atoms with E-state index < -0.39 is 0 Å². The Morgan fingerprint density at radius 3 is 2.67 bits per heavy atom. The summed E-state index contributed by atoms with van der Waals surface area (Å²) in [5.41, 5.74) is 0. The molecule has 1 heterocycles. The van der Waals surface area contributed by atoms with Crippen molar-refractivity contribution in [2.24, 2.45) is 0 Å². The molecule has 0 N–H and O–H groups in total. The fourth-order valence-corrected chi connectivity index (χ4v) is 0.278. The Kier molecular flexibility index (Phi) is 3.41. The van der Waals surface area contributed by atoms with E-state index in [0.717, 1.165) is 6.42 Å². The number of hydrogen-bond acceptors (Lipinski definition) is 1. The zero-order valence-electron chi connectivity index (χ0n) is 3.85. The Labute approximate surface area is 49.5 Å². The van der Waals surface area contributed by atoms with Crippen LogP contribution < -0.4 is 18.9 Å². The summed E-state index contributed by atoms with van der Waals surface area (Å²) >= 11 is 0. The molecule has 1 nitrogen and oxygen atoms in total. The van der Waals surface area contributed by atoms with Crippen LogP contribution in [0.5, 0.6) is 0 Å². The van der Waals surface area contributed by atoms with Gasteiger partial charge in [0.2, 0.25) is 0 Å². The third kappa shape index (κ3) is 1.54. The molecule has 0 aromatic heterocycles. The van der Waals surface area contributed by atoms with Crippen molar-refractivity contribution in [2.75, 3.05) is 0 Å². The Morgan fingerprint density at radius 1 is 1.67 bits per heavy atom. The molecule has 0 spiro atoms. The maximum absolute atomic E-state index is 4.64. The fraction of sp³-hybridized carbons (Fsp3) is 0.250. The minimum atomic E-state index is 0. The monoisotopic (exact) mass is 76.1 g/mol. The third-order valence-corrected chi connectivity index (χ3v) is 0.503. The molecule has 0 atom stereocenters. The summed E-state index contributed by atoms with van der Waals surface area (Å²) in [6.45, 7) is 1.75. The smallest absolute Gasteiger partial charge is 0.667 e. The summed E-state index contributed by atoms with van der Waals surface area (Å²) in [5, 5.41) is 0. The summed E-state index contributed by atoms with van der Waals surface area (Å²) < 4.78 is 4.64. The van der Waals surface area contributed by atoms with Crippen molar-refractivity contribution < 1.29 is 23.6 Å². The molecule has 0 saturated carbocycles. The average molecular weight is 76.0 g/mol. The molecule has 0 aliphatic carbocycles. The summed E-state index contributed by atoms with van der Waals surface area (Å²) in [6.07, 6.45) is 4.61. The van der Waals surface area contributed by atoms with Crippen molar-refractivity contribution in [3.05, 3.63) is 18.9 Å². The molecule has 0 saturated heterocycles. The average Bonchev–Trinajstić information content (AvgIpc) is 1.76. The van der Waals surface area contributed by atoms with Crippen molar-refractivity contribution in [3.8, 4) is 0 Å². The van der Waals surface area contributed by atoms with Crippen molar-refractivity contribution in [3.63, 3.8) is 0 Å². The molecular weight excluding hydrogens is 71.0 g/mol. The largest absolute Gasteiger partial charge is 1.00 e. The van der Waals surface area contributed by atoms with Crippen LogP contribution in [0.15, 0.2) is 12.3 Å². The fourth-order valence-electron chi connectivity index (χ4n) is 0.278. The van der Waals surface area contributed by atoms with Crippen molar-refractivity contribution in [1.29, 1.82) is 0 Å². The zero-order chi connectivity index (χ0) is 3.54. The van der Waals surface area contributed by atoms with Crippen LogP contribution >= 0.6 is 0 Å². The van der Waals surface area contributed by atoms with Crippen molar-refractivity contribution >= 4 is 0 Å². The predicted octanol–water partition coefficient (Wildman–Crippen LogP) is -1.91. The maximum Gasteiger partial charge on any atom is 1.00 e. The van der Waals surface area contributed by atoms with E-state index in [4.69, 9.17) is 0 Å². The molecule has 0 aromatic rings. The molecule has 1 aliphatic heterocycles. The standard InChI is InChI=1S/C4H5O.Li/c1-2-4-5-3-1;/h1,3-4H,2H2;/q-1;+1. The van der Waals surface area contributed by atoms with E-state index in [0.29, 0.717) is 0 Å². The van der Waals surface area contributed by atoms with Crippen LogP contribution in [0.25, 0.3) is 0 Å². The second-order valence-corrected chi connectivity index (χ2v) is 0.910. The van der Waals surface area contributed by atoms with Gasteiger partial charge in [0.05, 0.1) is 0 Å². The van der Waals surface area contributed by atoms with Crippen molar-refractivity contribution in [1.82, 2.24) is 0 Å². The van der Waals surface area contributed by atoms with Gasteiger partial charge in [-0.25, -0.2) is 0 Å². The van der Waals surface area contributed by atoms with E-state index in [1.807, 2.05) is 6.08 Å². The van der Waals surface area contributed by atoms with Gasteiger partial charge in [0.15, 0.2) is 0 Å². The van der Waals surface area contributed by atoms with E-state index >= 15 is 0 Å². The van der Waals surface area contributed by atoms with Gasteiger partial charge < -0.3 is 4.74 Å². The molecule has 0 bridgehead atoms. The second kappa shape index (κ2) is 3.33. The van der Waals surface area contributed by atoms with Gasteiger partial charge in [0, 0.05) is 6.26 Å². The molecule has 0 radical (unpaired) electrons. The number of ether oxygens (including phenoxy) is 1. The van der Waals surface area contributed by atoms with Crippen LogP contribution in [0.3, 0.4) is 0 Å². The van der Waals surface area contributed by atoms with E-state index in [9.17, 15) is 0 Å². The first-order chi connectivity index (χ1) is 2.50. The molecule has 0 aromatic carbocycles. The van der Waals surface area contributed by atoms with E-state index in [2.05, 4.69) is 4.74 Å². The molecule has 6 heavy (non-hydrogen) atoms. The first-order valence-electron chi connectivity index (χ1n) is 1.62. The molecular formula is C4H5LiO.